The predicted octanol–water partition coefficient (Wildman–Crippen LogP) is 1.38. The van der Waals surface area contributed by atoms with E-state index in [4.69, 9.17) is 5.11 Å². The number of halogens is 1. The lowest BCUT2D eigenvalue weighted by Gasteiger charge is -2.32. The Morgan fingerprint density at radius 1 is 1.57 bits per heavy atom. The summed E-state index contributed by atoms with van der Waals surface area (Å²) in [6, 6.07) is 0. The molecule has 0 radical (unpaired) electrons. The van der Waals surface area contributed by atoms with Gasteiger partial charge in [0.2, 0.25) is 0 Å². The fourth-order valence-corrected chi connectivity index (χ4v) is 3.37. The van der Waals surface area contributed by atoms with E-state index < -0.39 is 5.97 Å². The number of aromatic nitrogens is 2. The van der Waals surface area contributed by atoms with Crippen LogP contribution in [0.3, 0.4) is 0 Å². The molecule has 0 saturated carbocycles. The standard InChI is InChI=1S/C14H23BrN4O2/c1-10-14(15)12(18(2)17-10)9-19-5-3-4-11(8-19)6-16-7-13(20)21/h11,16H,3-9H2,1-2H3,(H,20,21). The summed E-state index contributed by atoms with van der Waals surface area (Å²) in [6.45, 7) is 5.79. The van der Waals surface area contributed by atoms with Gasteiger partial charge in [-0.3, -0.25) is 14.4 Å². The second-order valence-corrected chi connectivity index (χ2v) is 6.53. The molecular formula is C14H23BrN4O2. The summed E-state index contributed by atoms with van der Waals surface area (Å²) in [7, 11) is 1.98. The molecule has 21 heavy (non-hydrogen) atoms. The lowest BCUT2D eigenvalue weighted by molar-refractivity contribution is -0.136. The van der Waals surface area contributed by atoms with Crippen molar-refractivity contribution in [1.82, 2.24) is 20.0 Å². The fraction of sp³-hybridized carbons (Fsp3) is 0.714. The van der Waals surface area contributed by atoms with E-state index in [2.05, 4.69) is 31.2 Å². The van der Waals surface area contributed by atoms with Gasteiger partial charge in [-0.2, -0.15) is 5.10 Å². The predicted molar refractivity (Wildman–Crippen MR) is 84.2 cm³/mol. The Hall–Kier alpha value is -0.920. The van der Waals surface area contributed by atoms with Gasteiger partial charge in [0.15, 0.2) is 0 Å². The van der Waals surface area contributed by atoms with Crippen LogP contribution in [0.2, 0.25) is 0 Å². The van der Waals surface area contributed by atoms with Crippen molar-refractivity contribution in [2.75, 3.05) is 26.2 Å². The Labute approximate surface area is 133 Å². The smallest absolute Gasteiger partial charge is 0.317 e. The van der Waals surface area contributed by atoms with Crippen LogP contribution in [0.4, 0.5) is 0 Å². The van der Waals surface area contributed by atoms with E-state index >= 15 is 0 Å². The molecule has 0 spiro atoms. The third-order valence-corrected chi connectivity index (χ3v) is 4.98. The Morgan fingerprint density at radius 3 is 2.95 bits per heavy atom. The van der Waals surface area contributed by atoms with E-state index in [0.29, 0.717) is 5.92 Å². The Morgan fingerprint density at radius 2 is 2.33 bits per heavy atom. The van der Waals surface area contributed by atoms with Crippen LogP contribution >= 0.6 is 15.9 Å². The summed E-state index contributed by atoms with van der Waals surface area (Å²) in [6.07, 6.45) is 2.32. The maximum Gasteiger partial charge on any atom is 0.317 e. The molecule has 0 bridgehead atoms. The topological polar surface area (TPSA) is 70.4 Å². The molecule has 1 atom stereocenters. The molecule has 2 rings (SSSR count). The van der Waals surface area contributed by atoms with Gasteiger partial charge in [-0.1, -0.05) is 0 Å². The molecule has 1 fully saturated rings. The average Bonchev–Trinajstić information content (AvgIpc) is 2.66. The second kappa shape index (κ2) is 7.38. The van der Waals surface area contributed by atoms with E-state index in [-0.39, 0.29) is 6.54 Å². The van der Waals surface area contributed by atoms with Crippen LogP contribution in [0, 0.1) is 12.8 Å². The normalized spacial score (nSPS) is 19.9. The number of piperidine rings is 1. The van der Waals surface area contributed by atoms with E-state index in [9.17, 15) is 4.79 Å². The molecule has 0 aliphatic carbocycles. The summed E-state index contributed by atoms with van der Waals surface area (Å²) >= 11 is 3.61. The molecule has 2 heterocycles. The minimum atomic E-state index is -0.794. The number of hydrogen-bond acceptors (Lipinski definition) is 4. The minimum Gasteiger partial charge on any atom is -0.480 e. The maximum atomic E-state index is 10.5. The molecule has 1 aromatic heterocycles. The van der Waals surface area contributed by atoms with E-state index in [0.717, 1.165) is 49.2 Å². The SMILES string of the molecule is Cc1nn(C)c(CN2CCCC(CNCC(=O)O)C2)c1Br. The maximum absolute atomic E-state index is 10.5. The summed E-state index contributed by atoms with van der Waals surface area (Å²) in [4.78, 5) is 13.0. The zero-order chi connectivity index (χ0) is 15.4. The minimum absolute atomic E-state index is 0.0446. The van der Waals surface area contributed by atoms with Gasteiger partial charge in [-0.15, -0.1) is 0 Å². The van der Waals surface area contributed by atoms with Crippen molar-refractivity contribution in [2.24, 2.45) is 13.0 Å². The molecule has 6 nitrogen and oxygen atoms in total. The highest BCUT2D eigenvalue weighted by atomic mass is 79.9. The zero-order valence-corrected chi connectivity index (χ0v) is 14.2. The molecule has 2 N–H and O–H groups in total. The van der Waals surface area contributed by atoms with Crippen LogP contribution in [0.5, 0.6) is 0 Å². The number of aliphatic carboxylic acids is 1. The van der Waals surface area contributed by atoms with Gasteiger partial charge in [0.1, 0.15) is 0 Å². The third kappa shape index (κ3) is 4.52. The molecule has 118 valence electrons. The van der Waals surface area contributed by atoms with Gasteiger partial charge < -0.3 is 10.4 Å². The molecule has 1 aromatic rings. The molecule has 0 aromatic carbocycles. The first-order valence-corrected chi connectivity index (χ1v) is 8.09. The molecule has 1 unspecified atom stereocenters. The Bertz CT molecular complexity index is 503. The summed E-state index contributed by atoms with van der Waals surface area (Å²) < 4.78 is 3.03. The molecule has 7 heteroatoms. The van der Waals surface area contributed by atoms with Gasteiger partial charge in [-0.25, -0.2) is 0 Å². The average molecular weight is 359 g/mol. The van der Waals surface area contributed by atoms with Crippen LogP contribution in [-0.4, -0.2) is 51.9 Å². The van der Waals surface area contributed by atoms with Crippen molar-refractivity contribution >= 4 is 21.9 Å². The van der Waals surface area contributed by atoms with Crippen LogP contribution in [0.25, 0.3) is 0 Å². The highest BCUT2D eigenvalue weighted by Crippen LogP contribution is 2.24. The van der Waals surface area contributed by atoms with Crippen molar-refractivity contribution < 1.29 is 9.90 Å². The molecule has 1 aliphatic rings. The van der Waals surface area contributed by atoms with Crippen molar-refractivity contribution in [3.05, 3.63) is 15.9 Å². The number of likely N-dealkylation sites (tertiary alicyclic amines) is 1. The number of carboxylic acids is 1. The number of carbonyl (C=O) groups is 1. The van der Waals surface area contributed by atoms with Crippen LogP contribution in [0.1, 0.15) is 24.2 Å². The van der Waals surface area contributed by atoms with E-state index in [1.165, 1.54) is 5.69 Å². The van der Waals surface area contributed by atoms with Crippen LogP contribution in [-0.2, 0) is 18.4 Å². The monoisotopic (exact) mass is 358 g/mol. The second-order valence-electron chi connectivity index (χ2n) is 5.74. The van der Waals surface area contributed by atoms with Gasteiger partial charge >= 0.3 is 5.97 Å². The molecule has 1 aliphatic heterocycles. The van der Waals surface area contributed by atoms with Gasteiger partial charge in [0.25, 0.3) is 0 Å². The zero-order valence-electron chi connectivity index (χ0n) is 12.6. The molecule has 1 saturated heterocycles. The number of nitrogens with zero attached hydrogens (tertiary/aromatic N) is 3. The quantitative estimate of drug-likeness (QED) is 0.803. The number of carboxylic acid groups (broad SMARTS) is 1. The third-order valence-electron chi connectivity index (χ3n) is 3.95. The van der Waals surface area contributed by atoms with Gasteiger partial charge in [-0.05, 0) is 54.7 Å². The number of nitrogens with one attached hydrogen (secondary N) is 1. The van der Waals surface area contributed by atoms with Gasteiger partial charge in [0, 0.05) is 20.1 Å². The lowest BCUT2D eigenvalue weighted by atomic mass is 9.98. The first-order chi connectivity index (χ1) is 9.97. The van der Waals surface area contributed by atoms with Crippen molar-refractivity contribution in [3.63, 3.8) is 0 Å². The van der Waals surface area contributed by atoms with Crippen molar-refractivity contribution in [3.8, 4) is 0 Å². The van der Waals surface area contributed by atoms with Crippen LogP contribution < -0.4 is 5.32 Å². The van der Waals surface area contributed by atoms with Crippen LogP contribution in [0.15, 0.2) is 4.47 Å². The highest BCUT2D eigenvalue weighted by molar-refractivity contribution is 9.10. The largest absolute Gasteiger partial charge is 0.480 e. The summed E-state index contributed by atoms with van der Waals surface area (Å²) in [5.41, 5.74) is 2.22. The molecule has 0 amide bonds. The number of hydrogen-bond donors (Lipinski definition) is 2. The summed E-state index contributed by atoms with van der Waals surface area (Å²) in [5, 5.41) is 16.1. The number of rotatable bonds is 6. The molecular weight excluding hydrogens is 336 g/mol. The number of aryl methyl sites for hydroxylation is 2. The fourth-order valence-electron chi connectivity index (χ4n) is 2.91. The van der Waals surface area contributed by atoms with Crippen molar-refractivity contribution in [1.29, 1.82) is 0 Å². The lowest BCUT2D eigenvalue weighted by Crippen LogP contribution is -2.40. The Kier molecular flexibility index (Phi) is 5.78. The highest BCUT2D eigenvalue weighted by Gasteiger charge is 2.22. The van der Waals surface area contributed by atoms with E-state index in [1.807, 2.05) is 18.7 Å². The van der Waals surface area contributed by atoms with Gasteiger partial charge in [0.05, 0.1) is 22.4 Å². The van der Waals surface area contributed by atoms with Crippen molar-refractivity contribution in [2.45, 2.75) is 26.3 Å². The Balaban J connectivity index is 1.87. The first kappa shape index (κ1) is 16.5. The van der Waals surface area contributed by atoms with E-state index in [1.54, 1.807) is 0 Å². The first-order valence-electron chi connectivity index (χ1n) is 7.30. The summed E-state index contributed by atoms with van der Waals surface area (Å²) in [5.74, 6) is -0.275.